The van der Waals surface area contributed by atoms with Crippen LogP contribution in [0.5, 0.6) is 5.75 Å². The Morgan fingerprint density at radius 1 is 1.33 bits per heavy atom. The number of ether oxygens (including phenoxy) is 1. The Hall–Kier alpha value is -1.71. The van der Waals surface area contributed by atoms with E-state index in [1.165, 1.54) is 0 Å². The highest BCUT2D eigenvalue weighted by molar-refractivity contribution is 6.01. The van der Waals surface area contributed by atoms with Crippen molar-refractivity contribution in [3.8, 4) is 5.75 Å². The molecular formula is C14H20N2O2. The van der Waals surface area contributed by atoms with E-state index in [-0.39, 0.29) is 12.0 Å². The standard InChI is InChI=1S/C14H20N2O2/c1-9(2)18-11-7-5-6-10-12(11)16-13(17)14(3,4)8-15-10/h5-7,9,15H,8H2,1-4H3,(H,16,17). The van der Waals surface area contributed by atoms with E-state index in [0.29, 0.717) is 12.3 Å². The molecule has 2 rings (SSSR count). The SMILES string of the molecule is CC(C)Oc1cccc2c1NC(=O)C(C)(C)CN2. The summed E-state index contributed by atoms with van der Waals surface area (Å²) in [6, 6.07) is 5.75. The van der Waals surface area contributed by atoms with Crippen LogP contribution in [0, 0.1) is 5.41 Å². The first-order valence-electron chi connectivity index (χ1n) is 6.25. The van der Waals surface area contributed by atoms with E-state index in [9.17, 15) is 4.79 Å². The number of nitrogens with one attached hydrogen (secondary N) is 2. The van der Waals surface area contributed by atoms with Crippen LogP contribution >= 0.6 is 0 Å². The van der Waals surface area contributed by atoms with Crippen molar-refractivity contribution in [2.45, 2.75) is 33.8 Å². The van der Waals surface area contributed by atoms with Gasteiger partial charge in [-0.1, -0.05) is 6.07 Å². The van der Waals surface area contributed by atoms with Crippen LogP contribution in [0.1, 0.15) is 27.7 Å². The molecule has 0 atom stereocenters. The Morgan fingerprint density at radius 2 is 2.06 bits per heavy atom. The number of hydrogen-bond donors (Lipinski definition) is 2. The molecule has 0 aromatic heterocycles. The number of amides is 1. The van der Waals surface area contributed by atoms with Crippen LogP contribution in [-0.2, 0) is 4.79 Å². The van der Waals surface area contributed by atoms with E-state index >= 15 is 0 Å². The van der Waals surface area contributed by atoms with E-state index in [2.05, 4.69) is 10.6 Å². The molecule has 1 aliphatic rings. The van der Waals surface area contributed by atoms with Crippen molar-refractivity contribution in [2.24, 2.45) is 5.41 Å². The van der Waals surface area contributed by atoms with Gasteiger partial charge in [-0.25, -0.2) is 0 Å². The maximum absolute atomic E-state index is 12.1. The van der Waals surface area contributed by atoms with E-state index in [1.807, 2.05) is 45.9 Å². The molecular weight excluding hydrogens is 228 g/mol. The quantitative estimate of drug-likeness (QED) is 0.846. The summed E-state index contributed by atoms with van der Waals surface area (Å²) in [5.41, 5.74) is 1.21. The fraction of sp³-hybridized carbons (Fsp3) is 0.500. The average molecular weight is 248 g/mol. The average Bonchev–Trinajstić information content (AvgIpc) is 2.38. The molecule has 0 spiro atoms. The molecule has 4 heteroatoms. The highest BCUT2D eigenvalue weighted by Gasteiger charge is 2.32. The first-order chi connectivity index (χ1) is 8.40. The molecule has 1 aliphatic heterocycles. The summed E-state index contributed by atoms with van der Waals surface area (Å²) in [6.07, 6.45) is 0.0738. The second kappa shape index (κ2) is 4.52. The van der Waals surface area contributed by atoms with Gasteiger partial charge in [-0.15, -0.1) is 0 Å². The van der Waals surface area contributed by atoms with Crippen LogP contribution in [-0.4, -0.2) is 18.6 Å². The number of carbonyl (C=O) groups is 1. The Morgan fingerprint density at radius 3 is 2.72 bits per heavy atom. The highest BCUT2D eigenvalue weighted by Crippen LogP contribution is 2.37. The summed E-state index contributed by atoms with van der Waals surface area (Å²) in [5.74, 6) is 0.717. The lowest BCUT2D eigenvalue weighted by Gasteiger charge is -2.20. The van der Waals surface area contributed by atoms with Crippen LogP contribution in [0.25, 0.3) is 0 Å². The van der Waals surface area contributed by atoms with E-state index in [4.69, 9.17) is 4.74 Å². The largest absolute Gasteiger partial charge is 0.489 e. The Bertz CT molecular complexity index is 467. The minimum absolute atomic E-state index is 0.00792. The first kappa shape index (κ1) is 12.7. The number of anilines is 2. The van der Waals surface area contributed by atoms with Gasteiger partial charge in [0.1, 0.15) is 11.4 Å². The van der Waals surface area contributed by atoms with Gasteiger partial charge in [0.05, 0.1) is 17.2 Å². The minimum Gasteiger partial charge on any atom is -0.489 e. The minimum atomic E-state index is -0.436. The summed E-state index contributed by atoms with van der Waals surface area (Å²) in [4.78, 5) is 12.1. The van der Waals surface area contributed by atoms with Crippen molar-refractivity contribution >= 4 is 17.3 Å². The number of rotatable bonds is 2. The van der Waals surface area contributed by atoms with Crippen LogP contribution in [0.3, 0.4) is 0 Å². The number of carbonyl (C=O) groups excluding carboxylic acids is 1. The Labute approximate surface area is 108 Å². The van der Waals surface area contributed by atoms with Crippen molar-refractivity contribution in [1.29, 1.82) is 0 Å². The van der Waals surface area contributed by atoms with Crippen LogP contribution in [0.15, 0.2) is 18.2 Å². The predicted octanol–water partition coefficient (Wildman–Crippen LogP) is 2.86. The number of para-hydroxylation sites is 1. The molecule has 0 radical (unpaired) electrons. The predicted molar refractivity (Wildman–Crippen MR) is 73.1 cm³/mol. The maximum Gasteiger partial charge on any atom is 0.231 e. The molecule has 98 valence electrons. The number of benzene rings is 1. The van der Waals surface area contributed by atoms with Crippen molar-refractivity contribution in [2.75, 3.05) is 17.2 Å². The van der Waals surface area contributed by atoms with Gasteiger partial charge in [0.2, 0.25) is 5.91 Å². The summed E-state index contributed by atoms with van der Waals surface area (Å²) >= 11 is 0. The molecule has 1 aromatic rings. The molecule has 1 aromatic carbocycles. The second-order valence-electron chi connectivity index (χ2n) is 5.54. The van der Waals surface area contributed by atoms with Crippen molar-refractivity contribution in [3.05, 3.63) is 18.2 Å². The van der Waals surface area contributed by atoms with Gasteiger partial charge in [-0.2, -0.15) is 0 Å². The van der Waals surface area contributed by atoms with Crippen LogP contribution in [0.2, 0.25) is 0 Å². The smallest absolute Gasteiger partial charge is 0.231 e. The molecule has 0 fully saturated rings. The van der Waals surface area contributed by atoms with Gasteiger partial charge in [0, 0.05) is 6.54 Å². The fourth-order valence-corrected chi connectivity index (χ4v) is 1.84. The highest BCUT2D eigenvalue weighted by atomic mass is 16.5. The molecule has 1 heterocycles. The molecule has 0 unspecified atom stereocenters. The van der Waals surface area contributed by atoms with Crippen molar-refractivity contribution in [1.82, 2.24) is 0 Å². The molecule has 2 N–H and O–H groups in total. The zero-order valence-electron chi connectivity index (χ0n) is 11.3. The summed E-state index contributed by atoms with van der Waals surface area (Å²) in [5, 5.41) is 6.26. The summed E-state index contributed by atoms with van der Waals surface area (Å²) < 4.78 is 5.73. The van der Waals surface area contributed by atoms with Gasteiger partial charge in [-0.05, 0) is 39.8 Å². The molecule has 18 heavy (non-hydrogen) atoms. The van der Waals surface area contributed by atoms with Crippen molar-refractivity contribution in [3.63, 3.8) is 0 Å². The molecule has 0 bridgehead atoms. The lowest BCUT2D eigenvalue weighted by atomic mass is 9.93. The topological polar surface area (TPSA) is 50.4 Å². The van der Waals surface area contributed by atoms with E-state index < -0.39 is 5.41 Å². The fourth-order valence-electron chi connectivity index (χ4n) is 1.84. The van der Waals surface area contributed by atoms with Gasteiger partial charge < -0.3 is 15.4 Å². The second-order valence-corrected chi connectivity index (χ2v) is 5.54. The molecule has 4 nitrogen and oxygen atoms in total. The third-order valence-corrected chi connectivity index (χ3v) is 2.96. The van der Waals surface area contributed by atoms with Gasteiger partial charge in [0.15, 0.2) is 0 Å². The lowest BCUT2D eigenvalue weighted by Crippen LogP contribution is -2.34. The third-order valence-electron chi connectivity index (χ3n) is 2.96. The zero-order chi connectivity index (χ0) is 13.3. The third kappa shape index (κ3) is 2.42. The Balaban J connectivity index is 2.39. The van der Waals surface area contributed by atoms with Gasteiger partial charge in [-0.3, -0.25) is 4.79 Å². The molecule has 1 amide bonds. The normalized spacial score (nSPS) is 17.5. The Kier molecular flexibility index (Phi) is 3.20. The molecule has 0 saturated carbocycles. The van der Waals surface area contributed by atoms with Crippen molar-refractivity contribution < 1.29 is 9.53 Å². The van der Waals surface area contributed by atoms with E-state index in [0.717, 1.165) is 11.4 Å². The number of hydrogen-bond acceptors (Lipinski definition) is 3. The zero-order valence-corrected chi connectivity index (χ0v) is 11.3. The summed E-state index contributed by atoms with van der Waals surface area (Å²) in [7, 11) is 0. The first-order valence-corrected chi connectivity index (χ1v) is 6.25. The van der Waals surface area contributed by atoms with Crippen LogP contribution < -0.4 is 15.4 Å². The monoisotopic (exact) mass is 248 g/mol. The van der Waals surface area contributed by atoms with E-state index in [1.54, 1.807) is 0 Å². The van der Waals surface area contributed by atoms with Gasteiger partial charge in [0.25, 0.3) is 0 Å². The van der Waals surface area contributed by atoms with Crippen LogP contribution in [0.4, 0.5) is 11.4 Å². The molecule has 0 aliphatic carbocycles. The van der Waals surface area contributed by atoms with Gasteiger partial charge >= 0.3 is 0 Å². The maximum atomic E-state index is 12.1. The summed E-state index contributed by atoms with van der Waals surface area (Å²) in [6.45, 7) is 8.38. The number of fused-ring (bicyclic) bond motifs is 1. The lowest BCUT2D eigenvalue weighted by molar-refractivity contribution is -0.123. The molecule has 0 saturated heterocycles.